The molecule has 0 bridgehead atoms. The van der Waals surface area contributed by atoms with Gasteiger partial charge in [0.25, 0.3) is 0 Å². The van der Waals surface area contributed by atoms with E-state index in [0.29, 0.717) is 19.3 Å². The van der Waals surface area contributed by atoms with Crippen LogP contribution in [0.3, 0.4) is 0 Å². The fourth-order valence-corrected chi connectivity index (χ4v) is 10.1. The molecule has 0 aromatic heterocycles. The number of carbonyl (C=O) groups excluding carboxylic acids is 3. The van der Waals surface area contributed by atoms with Crippen molar-refractivity contribution in [2.24, 2.45) is 0 Å². The smallest absolute Gasteiger partial charge is 0.306 e. The SMILES string of the molecule is CCCCCCCCC/C=C\CCCCCCCC(=O)OC(COC(=O)CCCCCCCCC)COC(=O)CCCCCCCCCCCCCCCCCCCCCCCCCCCCCCCCC. The number of allylic oxidation sites excluding steroid dienone is 2. The van der Waals surface area contributed by atoms with Gasteiger partial charge >= 0.3 is 17.9 Å². The van der Waals surface area contributed by atoms with E-state index in [0.717, 1.165) is 64.2 Å². The fraction of sp³-hybridized carbons (Fsp3) is 0.924. The normalized spacial score (nSPS) is 12.0. The van der Waals surface area contributed by atoms with Gasteiger partial charge in [-0.3, -0.25) is 14.4 Å². The molecule has 0 rings (SSSR count). The van der Waals surface area contributed by atoms with Crippen molar-refractivity contribution in [2.75, 3.05) is 13.2 Å². The molecule has 0 saturated carbocycles. The summed E-state index contributed by atoms with van der Waals surface area (Å²) in [7, 11) is 0. The van der Waals surface area contributed by atoms with Gasteiger partial charge in [0.15, 0.2) is 6.10 Å². The zero-order valence-corrected chi connectivity index (χ0v) is 49.0. The minimum Gasteiger partial charge on any atom is -0.462 e. The zero-order valence-electron chi connectivity index (χ0n) is 49.0. The van der Waals surface area contributed by atoms with Crippen LogP contribution in [0, 0.1) is 0 Å². The predicted molar refractivity (Wildman–Crippen MR) is 312 cm³/mol. The molecule has 6 nitrogen and oxygen atoms in total. The van der Waals surface area contributed by atoms with Crippen molar-refractivity contribution in [3.05, 3.63) is 12.2 Å². The highest BCUT2D eigenvalue weighted by Gasteiger charge is 2.19. The summed E-state index contributed by atoms with van der Waals surface area (Å²) in [5, 5.41) is 0. The van der Waals surface area contributed by atoms with Crippen molar-refractivity contribution in [1.29, 1.82) is 0 Å². The van der Waals surface area contributed by atoms with Crippen molar-refractivity contribution in [1.82, 2.24) is 0 Å². The Morgan fingerprint density at radius 1 is 0.264 bits per heavy atom. The highest BCUT2D eigenvalue weighted by Crippen LogP contribution is 2.18. The van der Waals surface area contributed by atoms with Crippen LogP contribution in [0.5, 0.6) is 0 Å². The van der Waals surface area contributed by atoms with E-state index in [1.807, 2.05) is 0 Å². The quantitative estimate of drug-likeness (QED) is 0.0261. The molecule has 0 saturated heterocycles. The van der Waals surface area contributed by atoms with Crippen LogP contribution in [0.25, 0.3) is 0 Å². The molecule has 0 aliphatic rings. The first-order chi connectivity index (χ1) is 35.5. The number of hydrogen-bond acceptors (Lipinski definition) is 6. The number of esters is 3. The van der Waals surface area contributed by atoms with Gasteiger partial charge in [0.2, 0.25) is 0 Å². The van der Waals surface area contributed by atoms with Crippen LogP contribution in [-0.2, 0) is 28.6 Å². The third-order valence-corrected chi connectivity index (χ3v) is 15.0. The van der Waals surface area contributed by atoms with Gasteiger partial charge in [-0.1, -0.05) is 322 Å². The van der Waals surface area contributed by atoms with E-state index in [9.17, 15) is 14.4 Å². The van der Waals surface area contributed by atoms with E-state index < -0.39 is 6.10 Å². The summed E-state index contributed by atoms with van der Waals surface area (Å²) in [6.45, 7) is 6.65. The van der Waals surface area contributed by atoms with Crippen LogP contribution in [0.4, 0.5) is 0 Å². The number of rotatable bonds is 61. The summed E-state index contributed by atoms with van der Waals surface area (Å²) >= 11 is 0. The van der Waals surface area contributed by atoms with Crippen molar-refractivity contribution < 1.29 is 28.6 Å². The molecule has 0 aliphatic heterocycles. The summed E-state index contributed by atoms with van der Waals surface area (Å²) < 4.78 is 16.8. The second-order valence-corrected chi connectivity index (χ2v) is 22.4. The molecule has 0 spiro atoms. The van der Waals surface area contributed by atoms with E-state index in [4.69, 9.17) is 14.2 Å². The second kappa shape index (κ2) is 61.7. The van der Waals surface area contributed by atoms with Gasteiger partial charge < -0.3 is 14.2 Å². The Morgan fingerprint density at radius 2 is 0.458 bits per heavy atom. The first kappa shape index (κ1) is 70.1. The highest BCUT2D eigenvalue weighted by molar-refractivity contribution is 5.71. The fourth-order valence-electron chi connectivity index (χ4n) is 10.1. The second-order valence-electron chi connectivity index (χ2n) is 22.4. The summed E-state index contributed by atoms with van der Waals surface area (Å²) in [6.07, 6.45) is 72.7. The largest absolute Gasteiger partial charge is 0.462 e. The lowest BCUT2D eigenvalue weighted by atomic mass is 10.0. The molecule has 0 aliphatic carbocycles. The maximum absolute atomic E-state index is 12.8. The van der Waals surface area contributed by atoms with E-state index in [1.54, 1.807) is 0 Å². The first-order valence-corrected chi connectivity index (χ1v) is 32.7. The Bertz CT molecular complexity index is 1120. The minimum absolute atomic E-state index is 0.0681. The molecule has 1 unspecified atom stereocenters. The maximum atomic E-state index is 12.8. The molecule has 6 heteroatoms. The van der Waals surface area contributed by atoms with Gasteiger partial charge in [0, 0.05) is 19.3 Å². The summed E-state index contributed by atoms with van der Waals surface area (Å²) in [5.41, 5.74) is 0. The lowest BCUT2D eigenvalue weighted by Gasteiger charge is -2.18. The Balaban J connectivity index is 3.96. The van der Waals surface area contributed by atoms with Crippen molar-refractivity contribution in [3.8, 4) is 0 Å². The van der Waals surface area contributed by atoms with E-state index in [1.165, 1.54) is 270 Å². The molecule has 0 fully saturated rings. The molecule has 0 aromatic carbocycles. The van der Waals surface area contributed by atoms with Crippen LogP contribution in [-0.4, -0.2) is 37.2 Å². The molecular formula is C66H126O6. The van der Waals surface area contributed by atoms with Crippen molar-refractivity contribution in [3.63, 3.8) is 0 Å². The Morgan fingerprint density at radius 3 is 0.694 bits per heavy atom. The Hall–Kier alpha value is -1.85. The maximum Gasteiger partial charge on any atom is 0.306 e. The lowest BCUT2D eigenvalue weighted by molar-refractivity contribution is -0.167. The van der Waals surface area contributed by atoms with Crippen LogP contribution in [0.1, 0.15) is 374 Å². The number of carbonyl (C=O) groups is 3. The van der Waals surface area contributed by atoms with Crippen LogP contribution < -0.4 is 0 Å². The molecule has 0 amide bonds. The molecule has 0 heterocycles. The predicted octanol–water partition coefficient (Wildman–Crippen LogP) is 22.1. The summed E-state index contributed by atoms with van der Waals surface area (Å²) in [6, 6.07) is 0. The Kier molecular flexibility index (Phi) is 60.1. The molecule has 0 N–H and O–H groups in total. The number of hydrogen-bond donors (Lipinski definition) is 0. The minimum atomic E-state index is -0.768. The summed E-state index contributed by atoms with van der Waals surface area (Å²) in [4.78, 5) is 38.0. The topological polar surface area (TPSA) is 78.9 Å². The molecular weight excluding hydrogens is 889 g/mol. The number of ether oxygens (including phenoxy) is 3. The molecule has 0 radical (unpaired) electrons. The van der Waals surface area contributed by atoms with Gasteiger partial charge in [-0.05, 0) is 44.9 Å². The van der Waals surface area contributed by atoms with E-state index in [2.05, 4.69) is 32.9 Å². The molecule has 72 heavy (non-hydrogen) atoms. The lowest BCUT2D eigenvalue weighted by Crippen LogP contribution is -2.30. The monoisotopic (exact) mass is 1010 g/mol. The van der Waals surface area contributed by atoms with Gasteiger partial charge in [0.05, 0.1) is 0 Å². The standard InChI is InChI=1S/C66H126O6/c1-4-7-10-13-16-18-20-22-24-26-27-28-29-30-31-32-33-34-35-36-37-38-39-40-42-43-45-47-50-53-56-59-65(68)71-62-63(61-70-64(67)58-55-52-49-15-12-9-6-3)72-66(69)60-57-54-51-48-46-44-41-25-23-21-19-17-14-11-8-5-2/h25,41,63H,4-24,26-40,42-62H2,1-3H3/b41-25-. The van der Waals surface area contributed by atoms with Crippen molar-refractivity contribution in [2.45, 2.75) is 380 Å². The third-order valence-electron chi connectivity index (χ3n) is 15.0. The van der Waals surface area contributed by atoms with E-state index in [-0.39, 0.29) is 31.1 Å². The average molecular weight is 1020 g/mol. The van der Waals surface area contributed by atoms with Gasteiger partial charge in [0.1, 0.15) is 13.2 Å². The van der Waals surface area contributed by atoms with Crippen LogP contribution >= 0.6 is 0 Å². The zero-order chi connectivity index (χ0) is 52.2. The first-order valence-electron chi connectivity index (χ1n) is 32.7. The van der Waals surface area contributed by atoms with Crippen molar-refractivity contribution >= 4 is 17.9 Å². The van der Waals surface area contributed by atoms with Crippen LogP contribution in [0.15, 0.2) is 12.2 Å². The van der Waals surface area contributed by atoms with Gasteiger partial charge in [-0.15, -0.1) is 0 Å². The third kappa shape index (κ3) is 59.0. The highest BCUT2D eigenvalue weighted by atomic mass is 16.6. The van der Waals surface area contributed by atoms with Crippen LogP contribution in [0.2, 0.25) is 0 Å². The van der Waals surface area contributed by atoms with E-state index >= 15 is 0 Å². The average Bonchev–Trinajstić information content (AvgIpc) is 3.38. The molecule has 426 valence electrons. The molecule has 0 aromatic rings. The Labute approximate surface area is 450 Å². The summed E-state index contributed by atoms with van der Waals surface area (Å²) in [5.74, 6) is -0.859. The van der Waals surface area contributed by atoms with Gasteiger partial charge in [-0.2, -0.15) is 0 Å². The number of unbranched alkanes of at least 4 members (excludes halogenated alkanes) is 48. The molecule has 1 atom stereocenters. The van der Waals surface area contributed by atoms with Gasteiger partial charge in [-0.25, -0.2) is 0 Å².